The maximum absolute atomic E-state index is 12.5. The van der Waals surface area contributed by atoms with E-state index >= 15 is 0 Å². The first-order chi connectivity index (χ1) is 11.2. The van der Waals surface area contributed by atoms with E-state index in [1.54, 1.807) is 6.92 Å². The van der Waals surface area contributed by atoms with Crippen LogP contribution in [0.15, 0.2) is 24.3 Å². The number of rotatable bonds is 9. The van der Waals surface area contributed by atoms with Gasteiger partial charge in [-0.1, -0.05) is 24.3 Å². The van der Waals surface area contributed by atoms with Crippen molar-refractivity contribution in [1.82, 2.24) is 4.90 Å². The summed E-state index contributed by atoms with van der Waals surface area (Å²) in [5.74, 6) is 0.0121. The lowest BCUT2D eigenvalue weighted by Gasteiger charge is -2.17. The van der Waals surface area contributed by atoms with Crippen molar-refractivity contribution in [2.45, 2.75) is 52.0 Å². The molecule has 0 aliphatic carbocycles. The average molecular weight is 317 g/mol. The number of unbranched alkanes of at least 4 members (excludes halogenated alkanes) is 1. The minimum atomic E-state index is -0.172. The molecule has 126 valence electrons. The van der Waals surface area contributed by atoms with Gasteiger partial charge in [-0.05, 0) is 51.3 Å². The Morgan fingerprint density at radius 2 is 1.78 bits per heavy atom. The van der Waals surface area contributed by atoms with Gasteiger partial charge in [-0.15, -0.1) is 0 Å². The predicted octanol–water partition coefficient (Wildman–Crippen LogP) is 3.59. The van der Waals surface area contributed by atoms with Crippen LogP contribution in [0.5, 0.6) is 0 Å². The van der Waals surface area contributed by atoms with E-state index in [9.17, 15) is 9.59 Å². The summed E-state index contributed by atoms with van der Waals surface area (Å²) in [5, 5.41) is 0. The number of nitrogens with zero attached hydrogens (tertiary/aromatic N) is 1. The Morgan fingerprint density at radius 3 is 2.52 bits per heavy atom. The van der Waals surface area contributed by atoms with Crippen LogP contribution in [0.3, 0.4) is 0 Å². The standard InChI is InChI=1S/C19H27NO3/c1-2-23-19(22)12-6-5-11-18(21)17-10-4-3-9-16(17)15-20-13-7-8-14-20/h3-4,9-10H,2,5-8,11-15H2,1H3. The lowest BCUT2D eigenvalue weighted by molar-refractivity contribution is -0.143. The first-order valence-corrected chi connectivity index (χ1v) is 8.69. The molecule has 1 fully saturated rings. The highest BCUT2D eigenvalue weighted by Gasteiger charge is 2.16. The quantitative estimate of drug-likeness (QED) is 0.397. The summed E-state index contributed by atoms with van der Waals surface area (Å²) >= 11 is 0. The van der Waals surface area contributed by atoms with Gasteiger partial charge in [0.15, 0.2) is 5.78 Å². The Kier molecular flexibility index (Phi) is 7.27. The van der Waals surface area contributed by atoms with Crippen molar-refractivity contribution in [3.63, 3.8) is 0 Å². The second kappa shape index (κ2) is 9.46. The van der Waals surface area contributed by atoms with Crippen molar-refractivity contribution < 1.29 is 14.3 Å². The van der Waals surface area contributed by atoms with Crippen LogP contribution in [-0.4, -0.2) is 36.3 Å². The number of carbonyl (C=O) groups is 2. The molecule has 1 aromatic rings. The van der Waals surface area contributed by atoms with Gasteiger partial charge in [-0.3, -0.25) is 14.5 Å². The molecule has 0 saturated carbocycles. The fourth-order valence-electron chi connectivity index (χ4n) is 3.03. The van der Waals surface area contributed by atoms with Crippen LogP contribution in [0, 0.1) is 0 Å². The molecule has 0 radical (unpaired) electrons. The molecule has 4 heteroatoms. The van der Waals surface area contributed by atoms with Crippen LogP contribution in [0.1, 0.15) is 61.4 Å². The minimum Gasteiger partial charge on any atom is -0.466 e. The molecule has 0 atom stereocenters. The molecular formula is C19H27NO3. The van der Waals surface area contributed by atoms with Gasteiger partial charge in [0.25, 0.3) is 0 Å². The maximum atomic E-state index is 12.5. The van der Waals surface area contributed by atoms with Crippen molar-refractivity contribution in [3.8, 4) is 0 Å². The molecule has 1 heterocycles. The highest BCUT2D eigenvalue weighted by atomic mass is 16.5. The molecule has 1 saturated heterocycles. The Balaban J connectivity index is 1.82. The summed E-state index contributed by atoms with van der Waals surface area (Å²) in [7, 11) is 0. The van der Waals surface area contributed by atoms with Crippen LogP contribution in [0.2, 0.25) is 0 Å². The highest BCUT2D eigenvalue weighted by molar-refractivity contribution is 5.97. The lowest BCUT2D eigenvalue weighted by Crippen LogP contribution is -2.20. The fourth-order valence-corrected chi connectivity index (χ4v) is 3.03. The molecule has 23 heavy (non-hydrogen) atoms. The largest absolute Gasteiger partial charge is 0.466 e. The summed E-state index contributed by atoms with van der Waals surface area (Å²) in [6.45, 7) is 5.34. The third-order valence-electron chi connectivity index (χ3n) is 4.25. The Hall–Kier alpha value is -1.68. The van der Waals surface area contributed by atoms with Crippen molar-refractivity contribution in [2.75, 3.05) is 19.7 Å². The van der Waals surface area contributed by atoms with E-state index in [2.05, 4.69) is 11.0 Å². The van der Waals surface area contributed by atoms with E-state index in [1.165, 1.54) is 12.8 Å². The van der Waals surface area contributed by atoms with Gasteiger partial charge >= 0.3 is 5.97 Å². The molecule has 2 rings (SSSR count). The molecular weight excluding hydrogens is 290 g/mol. The van der Waals surface area contributed by atoms with Crippen LogP contribution in [0.4, 0.5) is 0 Å². The monoisotopic (exact) mass is 317 g/mol. The predicted molar refractivity (Wildman–Crippen MR) is 90.4 cm³/mol. The smallest absolute Gasteiger partial charge is 0.305 e. The Bertz CT molecular complexity index is 521. The number of ketones is 1. The van der Waals surface area contributed by atoms with Gasteiger partial charge < -0.3 is 4.74 Å². The van der Waals surface area contributed by atoms with Crippen LogP contribution in [0.25, 0.3) is 0 Å². The minimum absolute atomic E-state index is 0.172. The third kappa shape index (κ3) is 5.79. The van der Waals surface area contributed by atoms with Gasteiger partial charge in [0, 0.05) is 24.9 Å². The topological polar surface area (TPSA) is 46.6 Å². The summed E-state index contributed by atoms with van der Waals surface area (Å²) in [6, 6.07) is 7.92. The molecule has 1 aliphatic rings. The zero-order valence-corrected chi connectivity index (χ0v) is 14.1. The number of Topliss-reactive ketones (excluding diaryl/α,β-unsaturated/α-hetero) is 1. The van der Waals surface area contributed by atoms with E-state index in [1.807, 2.05) is 18.2 Å². The van der Waals surface area contributed by atoms with E-state index in [0.717, 1.165) is 37.2 Å². The molecule has 1 aliphatic heterocycles. The first kappa shape index (κ1) is 17.7. The van der Waals surface area contributed by atoms with Gasteiger partial charge in [-0.2, -0.15) is 0 Å². The maximum Gasteiger partial charge on any atom is 0.305 e. The summed E-state index contributed by atoms with van der Waals surface area (Å²) in [6.07, 6.45) is 4.84. The van der Waals surface area contributed by atoms with Gasteiger partial charge in [0.2, 0.25) is 0 Å². The zero-order valence-electron chi connectivity index (χ0n) is 14.1. The van der Waals surface area contributed by atoms with Gasteiger partial charge in [-0.25, -0.2) is 0 Å². The van der Waals surface area contributed by atoms with Gasteiger partial charge in [0.05, 0.1) is 6.61 Å². The normalized spacial score (nSPS) is 14.8. The number of hydrogen-bond acceptors (Lipinski definition) is 4. The lowest BCUT2D eigenvalue weighted by atomic mass is 9.99. The number of carbonyl (C=O) groups excluding carboxylic acids is 2. The SMILES string of the molecule is CCOC(=O)CCCCC(=O)c1ccccc1CN1CCCC1. The van der Waals surface area contributed by atoms with E-state index in [4.69, 9.17) is 4.74 Å². The van der Waals surface area contributed by atoms with Crippen LogP contribution >= 0.6 is 0 Å². The highest BCUT2D eigenvalue weighted by Crippen LogP contribution is 2.18. The molecule has 0 spiro atoms. The number of benzene rings is 1. The summed E-state index contributed by atoms with van der Waals surface area (Å²) < 4.78 is 4.90. The van der Waals surface area contributed by atoms with E-state index in [-0.39, 0.29) is 11.8 Å². The van der Waals surface area contributed by atoms with Crippen molar-refractivity contribution in [2.24, 2.45) is 0 Å². The van der Waals surface area contributed by atoms with Crippen molar-refractivity contribution in [3.05, 3.63) is 35.4 Å². The van der Waals surface area contributed by atoms with Crippen molar-refractivity contribution in [1.29, 1.82) is 0 Å². The van der Waals surface area contributed by atoms with E-state index in [0.29, 0.717) is 25.9 Å². The molecule has 4 nitrogen and oxygen atoms in total. The molecule has 0 unspecified atom stereocenters. The molecule has 0 amide bonds. The fraction of sp³-hybridized carbons (Fsp3) is 0.579. The summed E-state index contributed by atoms with van der Waals surface area (Å²) in [5.41, 5.74) is 1.97. The third-order valence-corrected chi connectivity index (χ3v) is 4.25. The Labute approximate surface area is 138 Å². The molecule has 0 aromatic heterocycles. The molecule has 0 N–H and O–H groups in total. The summed E-state index contributed by atoms with van der Waals surface area (Å²) in [4.78, 5) is 26.2. The second-order valence-electron chi connectivity index (χ2n) is 6.08. The molecule has 0 bridgehead atoms. The number of likely N-dealkylation sites (tertiary alicyclic amines) is 1. The number of ether oxygens (including phenoxy) is 1. The Morgan fingerprint density at radius 1 is 1.09 bits per heavy atom. The van der Waals surface area contributed by atoms with Crippen LogP contribution < -0.4 is 0 Å². The number of hydrogen-bond donors (Lipinski definition) is 0. The first-order valence-electron chi connectivity index (χ1n) is 8.69. The molecule has 1 aromatic carbocycles. The average Bonchev–Trinajstić information content (AvgIpc) is 3.05. The van der Waals surface area contributed by atoms with E-state index < -0.39 is 0 Å². The van der Waals surface area contributed by atoms with Crippen molar-refractivity contribution >= 4 is 11.8 Å². The van der Waals surface area contributed by atoms with Crippen LogP contribution in [-0.2, 0) is 16.1 Å². The number of esters is 1. The zero-order chi connectivity index (χ0) is 16.5. The second-order valence-corrected chi connectivity index (χ2v) is 6.08. The van der Waals surface area contributed by atoms with Gasteiger partial charge in [0.1, 0.15) is 0 Å².